The van der Waals surface area contributed by atoms with Gasteiger partial charge in [0.15, 0.2) is 12.2 Å². The molecule has 0 amide bonds. The number of phosphoric ester groups is 2. The van der Waals surface area contributed by atoms with Crippen LogP contribution >= 0.6 is 15.6 Å². The van der Waals surface area contributed by atoms with Crippen LogP contribution in [-0.2, 0) is 65.4 Å². The minimum atomic E-state index is -5.00. The highest BCUT2D eigenvalue weighted by molar-refractivity contribution is 7.47. The molecule has 0 bridgehead atoms. The maximum absolute atomic E-state index is 13.1. The Morgan fingerprint density at radius 2 is 0.560 bits per heavy atom. The lowest BCUT2D eigenvalue weighted by molar-refractivity contribution is -0.161. The van der Waals surface area contributed by atoms with Crippen molar-refractivity contribution in [1.29, 1.82) is 0 Å². The lowest BCUT2D eigenvalue weighted by Crippen LogP contribution is -2.30. The molecule has 100 heavy (non-hydrogen) atoms. The topological polar surface area (TPSA) is 237 Å². The summed E-state index contributed by atoms with van der Waals surface area (Å²) in [5.74, 6) is -2.34. The maximum Gasteiger partial charge on any atom is 0.472 e. The number of carbonyl (C=O) groups is 4. The molecule has 574 valence electrons. The van der Waals surface area contributed by atoms with Crippen LogP contribution in [0, 0.1) is 0 Å². The summed E-state index contributed by atoms with van der Waals surface area (Å²) in [5, 5.41) is 10.6. The number of allylic oxidation sites excluding steroid dienone is 19. The smallest absolute Gasteiger partial charge is 0.462 e. The third-order valence-corrected chi connectivity index (χ3v) is 17.9. The van der Waals surface area contributed by atoms with Gasteiger partial charge in [0.25, 0.3) is 0 Å². The van der Waals surface area contributed by atoms with E-state index in [-0.39, 0.29) is 25.7 Å². The number of ether oxygens (including phenoxy) is 4. The maximum atomic E-state index is 13.1. The molecule has 3 N–H and O–H groups in total. The van der Waals surface area contributed by atoms with Gasteiger partial charge in [-0.1, -0.05) is 290 Å². The molecule has 0 aromatic heterocycles. The molecule has 0 rings (SSSR count). The minimum Gasteiger partial charge on any atom is -0.462 e. The summed E-state index contributed by atoms with van der Waals surface area (Å²) in [6, 6.07) is 0. The van der Waals surface area contributed by atoms with Crippen LogP contribution in [0.4, 0.5) is 0 Å². The highest BCUT2D eigenvalue weighted by atomic mass is 31.2. The molecule has 0 saturated heterocycles. The van der Waals surface area contributed by atoms with E-state index in [1.807, 2.05) is 12.2 Å². The van der Waals surface area contributed by atoms with Gasteiger partial charge in [0, 0.05) is 19.3 Å². The summed E-state index contributed by atoms with van der Waals surface area (Å²) in [7, 11) is -9.98. The van der Waals surface area contributed by atoms with Gasteiger partial charge in [0.05, 0.1) is 32.8 Å². The molecule has 5 unspecified atom stereocenters. The van der Waals surface area contributed by atoms with Gasteiger partial charge in [-0.2, -0.15) is 0 Å². The Bertz CT molecular complexity index is 2370. The van der Waals surface area contributed by atoms with Gasteiger partial charge < -0.3 is 33.8 Å². The molecule has 0 fully saturated rings. The quantitative estimate of drug-likeness (QED) is 0.0169. The Kier molecular flexibility index (Phi) is 69.5. The van der Waals surface area contributed by atoms with Crippen LogP contribution in [0.3, 0.4) is 0 Å². The van der Waals surface area contributed by atoms with Crippen LogP contribution in [0.25, 0.3) is 0 Å². The molecule has 0 aromatic carbocycles. The van der Waals surface area contributed by atoms with Crippen molar-refractivity contribution in [3.8, 4) is 0 Å². The van der Waals surface area contributed by atoms with Gasteiger partial charge in [-0.25, -0.2) is 9.13 Å². The molecule has 0 heterocycles. The van der Waals surface area contributed by atoms with E-state index in [1.54, 1.807) is 12.2 Å². The molecule has 5 atom stereocenters. The van der Waals surface area contributed by atoms with E-state index in [4.69, 9.17) is 37.0 Å². The number of hydrogen-bond donors (Lipinski definition) is 3. The summed E-state index contributed by atoms with van der Waals surface area (Å²) in [5.41, 5.74) is 0. The Labute approximate surface area is 606 Å². The second kappa shape index (κ2) is 72.8. The van der Waals surface area contributed by atoms with Crippen molar-refractivity contribution in [3.05, 3.63) is 122 Å². The zero-order chi connectivity index (χ0) is 73.2. The highest BCUT2D eigenvalue weighted by Gasteiger charge is 2.30. The zero-order valence-electron chi connectivity index (χ0n) is 62.6. The van der Waals surface area contributed by atoms with E-state index >= 15 is 0 Å². The second-order valence-electron chi connectivity index (χ2n) is 25.6. The number of phosphoric acid groups is 2. The average Bonchev–Trinajstić information content (AvgIpc) is 0.946. The van der Waals surface area contributed by atoms with Crippen molar-refractivity contribution in [2.24, 2.45) is 0 Å². The minimum absolute atomic E-state index is 0.0930. The molecule has 0 aliphatic rings. The van der Waals surface area contributed by atoms with Crippen LogP contribution in [0.1, 0.15) is 310 Å². The fraction of sp³-hybridized carbons (Fsp3) is 0.704. The van der Waals surface area contributed by atoms with Crippen LogP contribution < -0.4 is 0 Å². The number of unbranched alkanes of at least 4 members (excludes halogenated alkanes) is 27. The molecular formula is C81H138O17P2. The van der Waals surface area contributed by atoms with E-state index in [9.17, 15) is 43.2 Å². The van der Waals surface area contributed by atoms with Gasteiger partial charge in [-0.15, -0.1) is 0 Å². The third kappa shape index (κ3) is 71.8. The van der Waals surface area contributed by atoms with Crippen molar-refractivity contribution < 1.29 is 80.2 Å². The normalized spacial score (nSPS) is 14.6. The van der Waals surface area contributed by atoms with Crippen LogP contribution in [0.15, 0.2) is 122 Å². The Hall–Kier alpha value is -4.54. The molecule has 0 spiro atoms. The van der Waals surface area contributed by atoms with Crippen molar-refractivity contribution in [2.75, 3.05) is 39.6 Å². The average molecular weight is 1450 g/mol. The van der Waals surface area contributed by atoms with Crippen molar-refractivity contribution >= 4 is 39.5 Å². The lowest BCUT2D eigenvalue weighted by Gasteiger charge is -2.21. The first-order valence-corrected chi connectivity index (χ1v) is 41.8. The van der Waals surface area contributed by atoms with Crippen molar-refractivity contribution in [1.82, 2.24) is 0 Å². The third-order valence-electron chi connectivity index (χ3n) is 16.0. The predicted molar refractivity (Wildman–Crippen MR) is 408 cm³/mol. The van der Waals surface area contributed by atoms with E-state index < -0.39 is 97.5 Å². The van der Waals surface area contributed by atoms with E-state index in [2.05, 4.69) is 125 Å². The molecule has 0 radical (unpaired) electrons. The van der Waals surface area contributed by atoms with Crippen LogP contribution in [-0.4, -0.2) is 96.7 Å². The number of carbonyl (C=O) groups excluding carboxylic acids is 4. The summed E-state index contributed by atoms with van der Waals surface area (Å²) >= 11 is 0. The number of rotatable bonds is 72. The molecule has 0 aromatic rings. The fourth-order valence-electron chi connectivity index (χ4n) is 10.1. The molecule has 17 nitrogen and oxygen atoms in total. The molecule has 0 aliphatic heterocycles. The van der Waals surface area contributed by atoms with E-state index in [0.717, 1.165) is 154 Å². The van der Waals surface area contributed by atoms with E-state index in [1.165, 1.54) is 77.0 Å². The number of aliphatic hydroxyl groups excluding tert-OH is 1. The van der Waals surface area contributed by atoms with Crippen LogP contribution in [0.2, 0.25) is 0 Å². The highest BCUT2D eigenvalue weighted by Crippen LogP contribution is 2.45. The second-order valence-corrected chi connectivity index (χ2v) is 28.5. The summed E-state index contributed by atoms with van der Waals surface area (Å²) in [4.78, 5) is 72.8. The summed E-state index contributed by atoms with van der Waals surface area (Å²) < 4.78 is 68.4. The lowest BCUT2D eigenvalue weighted by atomic mass is 10.0. The van der Waals surface area contributed by atoms with Gasteiger partial charge in [0.2, 0.25) is 0 Å². The zero-order valence-corrected chi connectivity index (χ0v) is 64.4. The number of aliphatic hydroxyl groups is 1. The molecule has 0 saturated carbocycles. The number of esters is 4. The van der Waals surface area contributed by atoms with Gasteiger partial charge in [0.1, 0.15) is 19.3 Å². The van der Waals surface area contributed by atoms with E-state index in [0.29, 0.717) is 25.7 Å². The summed E-state index contributed by atoms with van der Waals surface area (Å²) in [6.07, 6.45) is 79.3. The molecule has 19 heteroatoms. The molecule has 0 aliphatic carbocycles. The summed E-state index contributed by atoms with van der Waals surface area (Å²) in [6.45, 7) is 4.51. The first kappa shape index (κ1) is 95.5. The van der Waals surface area contributed by atoms with Gasteiger partial charge in [-0.3, -0.25) is 37.3 Å². The van der Waals surface area contributed by atoms with Gasteiger partial charge in [-0.05, 0) is 116 Å². The van der Waals surface area contributed by atoms with Crippen molar-refractivity contribution in [2.45, 2.75) is 329 Å². The standard InChI is InChI=1S/C81H138O17P2/c1-5-9-13-17-21-25-29-33-35-36-37-38-40-43-46-50-54-58-62-66-79(84)92-72-77(98-81(86)68-64-60-56-52-48-44-39-34-30-26-22-18-14-10-6-2)74-96-100(89,90)94-70-75(82)69-93-99(87,88)95-73-76(97-80(85)67-63-59-55-51-47-42-32-28-24-20-16-12-8-4)71-91-78(83)65-61-57-53-49-45-41-31-27-23-19-15-11-7-3/h9-10,13-14,21-22,25-27,31,33-35,37-39,48,52,60,64,75-77,82H,5-8,11-12,15-20,23-24,28-30,32,36,40-47,49-51,53-59,61-63,65-74H2,1-4H3,(H,87,88)(H,89,90)/b13-9-,14-10-,25-21-,26-22-,31-27-,35-33-,38-37-,39-34-,52-48-,64-60-. The number of hydrogen-bond acceptors (Lipinski definition) is 15. The Balaban J connectivity index is 5.41. The Morgan fingerprint density at radius 3 is 0.910 bits per heavy atom. The van der Waals surface area contributed by atoms with Gasteiger partial charge >= 0.3 is 39.5 Å². The predicted octanol–water partition coefficient (Wildman–Crippen LogP) is 22.3. The largest absolute Gasteiger partial charge is 0.472 e. The first-order chi connectivity index (χ1) is 48.7. The van der Waals surface area contributed by atoms with Crippen molar-refractivity contribution in [3.63, 3.8) is 0 Å². The first-order valence-electron chi connectivity index (χ1n) is 38.8. The van der Waals surface area contributed by atoms with Crippen LogP contribution in [0.5, 0.6) is 0 Å². The monoisotopic (exact) mass is 1440 g/mol. The fourth-order valence-corrected chi connectivity index (χ4v) is 11.7. The Morgan fingerprint density at radius 1 is 0.300 bits per heavy atom. The SMILES string of the molecule is CC/C=C\C/C=C\C/C=C\C/C=C\C/C=C\CC(=O)OC(COC(=O)CCCCCCCC/C=C\C/C=C\C/C=C\C/C=C\CC)COP(=O)(O)OCC(O)COP(=O)(O)OCC(COC(=O)CCCCCCC/C=C\CCCCCC)OC(=O)CCCCCCCCCCCCCCC. The molecular weight excluding hydrogens is 1310 g/mol.